The molecule has 1 saturated heterocycles. The second kappa shape index (κ2) is 7.02. The number of hydrogen-bond acceptors (Lipinski definition) is 6. The normalized spacial score (nSPS) is 14.7. The lowest BCUT2D eigenvalue weighted by molar-refractivity contribution is -0.120. The van der Waals surface area contributed by atoms with E-state index in [4.69, 9.17) is 0 Å². The Kier molecular flexibility index (Phi) is 4.68. The molecule has 3 aromatic rings. The van der Waals surface area contributed by atoms with E-state index < -0.39 is 10.0 Å². The van der Waals surface area contributed by atoms with Gasteiger partial charge in [-0.15, -0.1) is 0 Å². The van der Waals surface area contributed by atoms with Crippen LogP contribution in [0.4, 0.5) is 20.9 Å². The summed E-state index contributed by atoms with van der Waals surface area (Å²) in [4.78, 5) is 18.7. The van der Waals surface area contributed by atoms with Gasteiger partial charge in [0.2, 0.25) is 15.9 Å². The third kappa shape index (κ3) is 3.92. The summed E-state index contributed by atoms with van der Waals surface area (Å²) < 4.78 is 39.6. The van der Waals surface area contributed by atoms with E-state index in [-0.39, 0.29) is 17.6 Å². The number of anilines is 3. The predicted molar refractivity (Wildman–Crippen MR) is 109 cm³/mol. The lowest BCUT2D eigenvalue weighted by atomic mass is 10.00. The Labute approximate surface area is 165 Å². The summed E-state index contributed by atoms with van der Waals surface area (Å²) in [5, 5.41) is 3.50. The van der Waals surface area contributed by atoms with Gasteiger partial charge in [-0.1, -0.05) is 23.5 Å². The second-order valence-electron chi connectivity index (χ2n) is 6.63. The molecule has 2 aromatic carbocycles. The van der Waals surface area contributed by atoms with Crippen LogP contribution in [0.2, 0.25) is 0 Å². The van der Waals surface area contributed by atoms with Gasteiger partial charge in [0.15, 0.2) is 5.13 Å². The van der Waals surface area contributed by atoms with Crippen molar-refractivity contribution in [2.24, 2.45) is 5.92 Å². The number of carbonyl (C=O) groups excluding carboxylic acids is 1. The Balaban J connectivity index is 1.38. The van der Waals surface area contributed by atoms with Crippen LogP contribution in [0.5, 0.6) is 0 Å². The van der Waals surface area contributed by atoms with E-state index in [0.717, 1.165) is 11.0 Å². The van der Waals surface area contributed by atoms with Gasteiger partial charge in [0.05, 0.1) is 22.6 Å². The average molecular weight is 420 g/mol. The molecule has 2 N–H and O–H groups in total. The Morgan fingerprint density at radius 1 is 1.21 bits per heavy atom. The second-order valence-corrected chi connectivity index (χ2v) is 9.39. The van der Waals surface area contributed by atoms with Crippen molar-refractivity contribution >= 4 is 54.0 Å². The van der Waals surface area contributed by atoms with Crippen LogP contribution in [0.15, 0.2) is 42.5 Å². The van der Waals surface area contributed by atoms with Crippen LogP contribution < -0.4 is 14.9 Å². The highest BCUT2D eigenvalue weighted by Gasteiger charge is 2.34. The zero-order valence-electron chi connectivity index (χ0n) is 14.8. The first kappa shape index (κ1) is 18.6. The highest BCUT2D eigenvalue weighted by molar-refractivity contribution is 7.92. The molecule has 1 fully saturated rings. The molecule has 0 bridgehead atoms. The van der Waals surface area contributed by atoms with Crippen molar-refractivity contribution in [1.29, 1.82) is 0 Å². The summed E-state index contributed by atoms with van der Waals surface area (Å²) in [6.07, 6.45) is 1.06. The molecule has 10 heteroatoms. The average Bonchev–Trinajstić information content (AvgIpc) is 2.97. The van der Waals surface area contributed by atoms with Gasteiger partial charge in [-0.05, 0) is 30.3 Å². The van der Waals surface area contributed by atoms with Gasteiger partial charge in [0.1, 0.15) is 11.3 Å². The summed E-state index contributed by atoms with van der Waals surface area (Å²) in [5.41, 5.74) is 1.25. The lowest BCUT2D eigenvalue weighted by Gasteiger charge is -2.37. The zero-order chi connectivity index (χ0) is 19.9. The maximum absolute atomic E-state index is 13.8. The van der Waals surface area contributed by atoms with E-state index in [2.05, 4.69) is 15.0 Å². The van der Waals surface area contributed by atoms with Crippen molar-refractivity contribution < 1.29 is 17.6 Å². The molecule has 7 nitrogen and oxygen atoms in total. The SMILES string of the molecule is CS(=O)(=O)Nc1cccc(NC(=O)C2CN(c3nc4c(F)cccc4s3)C2)c1. The topological polar surface area (TPSA) is 91.4 Å². The third-order valence-corrected chi connectivity index (χ3v) is 6.00. The summed E-state index contributed by atoms with van der Waals surface area (Å²) >= 11 is 1.40. The number of carbonyl (C=O) groups is 1. The van der Waals surface area contributed by atoms with E-state index in [1.807, 2.05) is 11.0 Å². The minimum absolute atomic E-state index is 0.153. The molecule has 0 saturated carbocycles. The number of fused-ring (bicyclic) bond motifs is 1. The molecule has 1 amide bonds. The van der Waals surface area contributed by atoms with Gasteiger partial charge >= 0.3 is 0 Å². The van der Waals surface area contributed by atoms with E-state index >= 15 is 0 Å². The fraction of sp³-hybridized carbons (Fsp3) is 0.222. The quantitative estimate of drug-likeness (QED) is 0.662. The van der Waals surface area contributed by atoms with Gasteiger partial charge in [-0.25, -0.2) is 17.8 Å². The number of nitrogens with zero attached hydrogens (tertiary/aromatic N) is 2. The Morgan fingerprint density at radius 3 is 2.64 bits per heavy atom. The number of nitrogens with one attached hydrogen (secondary N) is 2. The molecule has 0 aliphatic carbocycles. The highest BCUT2D eigenvalue weighted by atomic mass is 32.2. The highest BCUT2D eigenvalue weighted by Crippen LogP contribution is 2.34. The van der Waals surface area contributed by atoms with Crippen molar-refractivity contribution in [3.05, 3.63) is 48.3 Å². The minimum atomic E-state index is -3.39. The van der Waals surface area contributed by atoms with Crippen LogP contribution >= 0.6 is 11.3 Å². The molecule has 28 heavy (non-hydrogen) atoms. The van der Waals surface area contributed by atoms with E-state index in [9.17, 15) is 17.6 Å². The monoisotopic (exact) mass is 420 g/mol. The largest absolute Gasteiger partial charge is 0.346 e. The third-order valence-electron chi connectivity index (χ3n) is 4.31. The van der Waals surface area contributed by atoms with Gasteiger partial charge < -0.3 is 10.2 Å². The molecule has 1 aromatic heterocycles. The van der Waals surface area contributed by atoms with Crippen LogP contribution in [-0.2, 0) is 14.8 Å². The van der Waals surface area contributed by atoms with Crippen LogP contribution in [-0.4, -0.2) is 38.7 Å². The van der Waals surface area contributed by atoms with Crippen molar-refractivity contribution in [1.82, 2.24) is 4.98 Å². The number of thiazole rings is 1. The number of sulfonamides is 1. The van der Waals surface area contributed by atoms with Crippen molar-refractivity contribution in [2.45, 2.75) is 0 Å². The first-order valence-electron chi connectivity index (χ1n) is 8.47. The predicted octanol–water partition coefficient (Wildman–Crippen LogP) is 2.88. The summed E-state index contributed by atoms with van der Waals surface area (Å²) in [5.74, 6) is -0.721. The maximum atomic E-state index is 13.8. The lowest BCUT2D eigenvalue weighted by Crippen LogP contribution is -2.52. The van der Waals surface area contributed by atoms with E-state index in [1.54, 1.807) is 30.3 Å². The molecule has 0 spiro atoms. The Bertz CT molecular complexity index is 1160. The number of benzene rings is 2. The fourth-order valence-electron chi connectivity index (χ4n) is 2.96. The molecule has 1 aliphatic heterocycles. The number of halogens is 1. The Hall–Kier alpha value is -2.72. The Morgan fingerprint density at radius 2 is 1.93 bits per heavy atom. The van der Waals surface area contributed by atoms with Crippen LogP contribution in [0.25, 0.3) is 10.2 Å². The number of hydrogen-bond donors (Lipinski definition) is 2. The first-order valence-corrected chi connectivity index (χ1v) is 11.2. The van der Waals surface area contributed by atoms with Gasteiger partial charge in [-0.3, -0.25) is 9.52 Å². The summed E-state index contributed by atoms with van der Waals surface area (Å²) in [7, 11) is -3.39. The maximum Gasteiger partial charge on any atom is 0.231 e. The zero-order valence-corrected chi connectivity index (χ0v) is 16.5. The number of rotatable bonds is 5. The smallest absolute Gasteiger partial charge is 0.231 e. The molecular formula is C18H17FN4O3S2. The molecule has 0 radical (unpaired) electrons. The van der Waals surface area contributed by atoms with E-state index in [0.29, 0.717) is 35.1 Å². The number of aromatic nitrogens is 1. The molecule has 2 heterocycles. The van der Waals surface area contributed by atoms with Gasteiger partial charge in [0.25, 0.3) is 0 Å². The van der Waals surface area contributed by atoms with Crippen molar-refractivity contribution in [2.75, 3.05) is 34.3 Å². The van der Waals surface area contributed by atoms with E-state index in [1.165, 1.54) is 17.4 Å². The van der Waals surface area contributed by atoms with Crippen molar-refractivity contribution in [3.63, 3.8) is 0 Å². The molecular weight excluding hydrogens is 403 g/mol. The molecule has 1 aliphatic rings. The van der Waals surface area contributed by atoms with Crippen LogP contribution in [0, 0.1) is 11.7 Å². The molecule has 146 valence electrons. The summed E-state index contributed by atoms with van der Waals surface area (Å²) in [6.45, 7) is 0.989. The van der Waals surface area contributed by atoms with Crippen LogP contribution in [0.1, 0.15) is 0 Å². The molecule has 0 atom stereocenters. The first-order chi connectivity index (χ1) is 13.3. The standard InChI is InChI=1S/C18H17FN4O3S2/c1-28(25,26)22-13-5-2-4-12(8-13)20-17(24)11-9-23(10-11)18-21-16-14(19)6-3-7-15(16)27-18/h2-8,11,22H,9-10H2,1H3,(H,20,24). The fourth-order valence-corrected chi connectivity index (χ4v) is 4.51. The van der Waals surface area contributed by atoms with Crippen molar-refractivity contribution in [3.8, 4) is 0 Å². The number of amides is 1. The van der Waals surface area contributed by atoms with Crippen LogP contribution in [0.3, 0.4) is 0 Å². The van der Waals surface area contributed by atoms with Gasteiger partial charge in [0, 0.05) is 18.8 Å². The molecule has 4 rings (SSSR count). The summed E-state index contributed by atoms with van der Waals surface area (Å²) in [6, 6.07) is 11.4. The van der Waals surface area contributed by atoms with Gasteiger partial charge in [-0.2, -0.15) is 0 Å². The molecule has 0 unspecified atom stereocenters. The minimum Gasteiger partial charge on any atom is -0.346 e. The number of para-hydroxylation sites is 1.